The first-order valence-corrected chi connectivity index (χ1v) is 11.4. The van der Waals surface area contributed by atoms with Crippen LogP contribution in [-0.4, -0.2) is 21.0 Å². The van der Waals surface area contributed by atoms with Gasteiger partial charge in [0.25, 0.3) is 0 Å². The molecule has 1 heterocycles. The number of H-pyrrole nitrogens is 1. The number of halogens is 1. The molecular weight excluding hydrogens is 456 g/mol. The van der Waals surface area contributed by atoms with Gasteiger partial charge in [-0.2, -0.15) is 0 Å². The molecule has 0 spiro atoms. The molecule has 6 nitrogen and oxygen atoms in total. The molecule has 1 unspecified atom stereocenters. The number of benzene rings is 3. The maximum Gasteiger partial charge on any atom is 0.248 e. The third-order valence-electron chi connectivity index (χ3n) is 4.79. The van der Waals surface area contributed by atoms with E-state index in [1.807, 2.05) is 42.5 Å². The third kappa shape index (κ3) is 5.84. The van der Waals surface area contributed by atoms with Gasteiger partial charge >= 0.3 is 0 Å². The zero-order valence-electron chi connectivity index (χ0n) is 17.5. The molecule has 1 atom stereocenters. The zero-order chi connectivity index (χ0) is 23.2. The molecule has 3 aromatic carbocycles. The van der Waals surface area contributed by atoms with E-state index >= 15 is 0 Å². The van der Waals surface area contributed by atoms with Gasteiger partial charge < -0.3 is 20.7 Å². The van der Waals surface area contributed by atoms with E-state index in [9.17, 15) is 9.90 Å². The number of rotatable bonds is 8. The predicted molar refractivity (Wildman–Crippen MR) is 137 cm³/mol. The standard InChI is InChI=1S/C25H21ClN4O2S/c1-2-33-14-13-23(31)27-19-9-5-16(6-10-19)24-29-21-12-11-20(15-22(21)30-24)28-25(32)17-3-7-18(26)8-4-17/h2-15,25,28,32H,1H2,(H,27,31)(H,29,30)/b14-13-. The Bertz CT molecular complexity index is 1300. The van der Waals surface area contributed by atoms with Gasteiger partial charge in [0, 0.05) is 33.6 Å². The van der Waals surface area contributed by atoms with Crippen molar-refractivity contribution in [1.82, 2.24) is 9.97 Å². The molecule has 0 saturated carbocycles. The summed E-state index contributed by atoms with van der Waals surface area (Å²) < 4.78 is 0. The van der Waals surface area contributed by atoms with Gasteiger partial charge in [0.05, 0.1) is 11.0 Å². The van der Waals surface area contributed by atoms with E-state index in [1.54, 1.807) is 35.1 Å². The Morgan fingerprint density at radius 2 is 1.82 bits per heavy atom. The lowest BCUT2D eigenvalue weighted by Gasteiger charge is -2.14. The van der Waals surface area contributed by atoms with Crippen LogP contribution in [0.2, 0.25) is 5.02 Å². The van der Waals surface area contributed by atoms with Crippen LogP contribution >= 0.6 is 23.4 Å². The van der Waals surface area contributed by atoms with Gasteiger partial charge in [-0.1, -0.05) is 30.3 Å². The van der Waals surface area contributed by atoms with Crippen LogP contribution in [0.4, 0.5) is 11.4 Å². The smallest absolute Gasteiger partial charge is 0.248 e. The highest BCUT2D eigenvalue weighted by Gasteiger charge is 2.10. The Morgan fingerprint density at radius 3 is 2.55 bits per heavy atom. The number of aliphatic hydroxyl groups is 1. The summed E-state index contributed by atoms with van der Waals surface area (Å²) in [5, 5.41) is 20.3. The van der Waals surface area contributed by atoms with Crippen molar-refractivity contribution in [2.45, 2.75) is 6.23 Å². The molecule has 0 aliphatic heterocycles. The zero-order valence-corrected chi connectivity index (χ0v) is 19.0. The number of aromatic nitrogens is 2. The number of hydrogen-bond acceptors (Lipinski definition) is 5. The Morgan fingerprint density at radius 1 is 1.09 bits per heavy atom. The molecule has 8 heteroatoms. The van der Waals surface area contributed by atoms with Gasteiger partial charge in [-0.3, -0.25) is 4.79 Å². The number of anilines is 2. The lowest BCUT2D eigenvalue weighted by molar-refractivity contribution is -0.111. The van der Waals surface area contributed by atoms with Gasteiger partial charge in [-0.05, 0) is 65.4 Å². The minimum atomic E-state index is -0.866. The first-order valence-electron chi connectivity index (χ1n) is 10.1. The van der Waals surface area contributed by atoms with Crippen LogP contribution in [0.5, 0.6) is 0 Å². The van der Waals surface area contributed by atoms with E-state index in [0.717, 1.165) is 22.3 Å². The Kier molecular flexibility index (Phi) is 7.14. The monoisotopic (exact) mass is 476 g/mol. The van der Waals surface area contributed by atoms with Crippen LogP contribution in [0.15, 0.2) is 90.2 Å². The topological polar surface area (TPSA) is 90.0 Å². The summed E-state index contributed by atoms with van der Waals surface area (Å²) in [4.78, 5) is 19.8. The highest BCUT2D eigenvalue weighted by molar-refractivity contribution is 8.04. The first kappa shape index (κ1) is 22.7. The van der Waals surface area contributed by atoms with Crippen molar-refractivity contribution in [1.29, 1.82) is 0 Å². The second-order valence-corrected chi connectivity index (χ2v) is 8.40. The largest absolute Gasteiger partial charge is 0.369 e. The summed E-state index contributed by atoms with van der Waals surface area (Å²) in [7, 11) is 0. The molecule has 0 fully saturated rings. The maximum atomic E-state index is 11.9. The lowest BCUT2D eigenvalue weighted by Crippen LogP contribution is -2.09. The fraction of sp³-hybridized carbons (Fsp3) is 0.0400. The van der Waals surface area contributed by atoms with Crippen molar-refractivity contribution >= 4 is 51.7 Å². The third-order valence-corrected chi connectivity index (χ3v) is 5.53. The van der Waals surface area contributed by atoms with E-state index < -0.39 is 6.23 Å². The molecule has 0 aliphatic rings. The molecule has 0 radical (unpaired) electrons. The summed E-state index contributed by atoms with van der Waals surface area (Å²) in [5.74, 6) is 0.502. The van der Waals surface area contributed by atoms with E-state index in [1.165, 1.54) is 17.8 Å². The average molecular weight is 477 g/mol. The number of nitrogens with zero attached hydrogens (tertiary/aromatic N) is 1. The molecule has 4 aromatic rings. The van der Waals surface area contributed by atoms with Crippen molar-refractivity contribution < 1.29 is 9.90 Å². The molecule has 4 N–H and O–H groups in total. The van der Waals surface area contributed by atoms with Crippen molar-refractivity contribution in [2.24, 2.45) is 0 Å². The number of imidazole rings is 1. The Hall–Kier alpha value is -3.52. The van der Waals surface area contributed by atoms with Crippen LogP contribution in [-0.2, 0) is 4.79 Å². The van der Waals surface area contributed by atoms with Crippen LogP contribution in [0, 0.1) is 0 Å². The van der Waals surface area contributed by atoms with Crippen molar-refractivity contribution in [3.05, 3.63) is 101 Å². The van der Waals surface area contributed by atoms with Crippen LogP contribution in [0.25, 0.3) is 22.4 Å². The highest BCUT2D eigenvalue weighted by atomic mass is 35.5. The second kappa shape index (κ2) is 10.4. The maximum absolute atomic E-state index is 11.9. The summed E-state index contributed by atoms with van der Waals surface area (Å²) in [6.07, 6.45) is 0.588. The molecular formula is C25H21ClN4O2S. The van der Waals surface area contributed by atoms with Crippen LogP contribution in [0.3, 0.4) is 0 Å². The number of thioether (sulfide) groups is 1. The van der Waals surface area contributed by atoms with E-state index in [2.05, 4.69) is 27.2 Å². The van der Waals surface area contributed by atoms with E-state index in [4.69, 9.17) is 11.6 Å². The molecule has 0 saturated heterocycles. The average Bonchev–Trinajstić information content (AvgIpc) is 3.23. The molecule has 4 rings (SSSR count). The van der Waals surface area contributed by atoms with E-state index in [0.29, 0.717) is 22.1 Å². The lowest BCUT2D eigenvalue weighted by atomic mass is 10.2. The van der Waals surface area contributed by atoms with Crippen molar-refractivity contribution in [3.63, 3.8) is 0 Å². The Balaban J connectivity index is 1.46. The first-order chi connectivity index (χ1) is 16.0. The van der Waals surface area contributed by atoms with E-state index in [-0.39, 0.29) is 5.91 Å². The van der Waals surface area contributed by atoms with Gasteiger partial charge in [0.2, 0.25) is 5.91 Å². The van der Waals surface area contributed by atoms with Gasteiger partial charge in [0.1, 0.15) is 5.82 Å². The summed E-state index contributed by atoms with van der Waals surface area (Å²) in [6, 6.07) is 20.1. The minimum absolute atomic E-state index is 0.207. The molecule has 1 aromatic heterocycles. The number of fused-ring (bicyclic) bond motifs is 1. The molecule has 166 valence electrons. The normalized spacial score (nSPS) is 12.1. The molecule has 0 bridgehead atoms. The quantitative estimate of drug-likeness (QED) is 0.176. The fourth-order valence-corrected chi connectivity index (χ4v) is 3.61. The van der Waals surface area contributed by atoms with Crippen molar-refractivity contribution in [3.8, 4) is 11.4 Å². The second-order valence-electron chi connectivity index (χ2n) is 7.09. The summed E-state index contributed by atoms with van der Waals surface area (Å²) >= 11 is 7.25. The summed E-state index contributed by atoms with van der Waals surface area (Å²) in [6.45, 7) is 3.58. The number of carbonyl (C=O) groups is 1. The number of aliphatic hydroxyl groups excluding tert-OH is 1. The highest BCUT2D eigenvalue weighted by Crippen LogP contribution is 2.26. The van der Waals surface area contributed by atoms with Crippen molar-refractivity contribution in [2.75, 3.05) is 10.6 Å². The fourth-order valence-electron chi connectivity index (χ4n) is 3.17. The predicted octanol–water partition coefficient (Wildman–Crippen LogP) is 6.32. The molecule has 33 heavy (non-hydrogen) atoms. The van der Waals surface area contributed by atoms with Gasteiger partial charge in [-0.25, -0.2) is 4.98 Å². The molecule has 0 aliphatic carbocycles. The van der Waals surface area contributed by atoms with Gasteiger partial charge in [-0.15, -0.1) is 11.8 Å². The Labute approximate surface area is 200 Å². The number of amides is 1. The van der Waals surface area contributed by atoms with Crippen LogP contribution in [0.1, 0.15) is 11.8 Å². The summed E-state index contributed by atoms with van der Waals surface area (Å²) in [5.41, 5.74) is 4.68. The number of carbonyl (C=O) groups excluding carboxylic acids is 1. The van der Waals surface area contributed by atoms with Crippen LogP contribution < -0.4 is 10.6 Å². The number of aromatic amines is 1. The van der Waals surface area contributed by atoms with Gasteiger partial charge in [0.15, 0.2) is 6.23 Å². The number of hydrogen-bond donors (Lipinski definition) is 4. The minimum Gasteiger partial charge on any atom is -0.369 e. The number of nitrogens with one attached hydrogen (secondary N) is 3. The SMILES string of the molecule is C=CS/C=C\C(=O)Nc1ccc(-c2nc3ccc(NC(O)c4ccc(Cl)cc4)cc3[nH]2)cc1. The molecule has 1 amide bonds.